The first-order valence-electron chi connectivity index (χ1n) is 7.07. The van der Waals surface area contributed by atoms with Crippen molar-refractivity contribution in [1.29, 1.82) is 0 Å². The zero-order valence-electron chi connectivity index (χ0n) is 11.9. The molecular weight excluding hydrogens is 222 g/mol. The number of rotatable bonds is 4. The molecule has 0 radical (unpaired) electrons. The summed E-state index contributed by atoms with van der Waals surface area (Å²) in [6, 6.07) is 2.16. The van der Waals surface area contributed by atoms with Crippen molar-refractivity contribution in [1.82, 2.24) is 9.97 Å². The Labute approximate surface area is 110 Å². The van der Waals surface area contributed by atoms with Gasteiger partial charge in [-0.1, -0.05) is 12.8 Å². The van der Waals surface area contributed by atoms with Crippen molar-refractivity contribution in [2.75, 3.05) is 0 Å². The topological polar surface area (TPSA) is 51.8 Å². The molecule has 100 valence electrons. The van der Waals surface area contributed by atoms with Crippen LogP contribution < -0.4 is 5.73 Å². The Morgan fingerprint density at radius 2 is 1.94 bits per heavy atom. The molecule has 0 amide bonds. The predicted octanol–water partition coefficient (Wildman–Crippen LogP) is 3.11. The molecular formula is C15H25N3. The van der Waals surface area contributed by atoms with Crippen LogP contribution in [-0.4, -0.2) is 15.5 Å². The van der Waals surface area contributed by atoms with E-state index in [1.807, 2.05) is 0 Å². The fraction of sp³-hybridized carbons (Fsp3) is 0.733. The predicted molar refractivity (Wildman–Crippen MR) is 74.6 cm³/mol. The van der Waals surface area contributed by atoms with E-state index >= 15 is 0 Å². The Bertz CT molecular complexity index is 401. The normalized spacial score (nSPS) is 17.3. The van der Waals surface area contributed by atoms with Gasteiger partial charge in [0.2, 0.25) is 0 Å². The molecule has 0 aliphatic heterocycles. The lowest BCUT2D eigenvalue weighted by Gasteiger charge is -2.18. The van der Waals surface area contributed by atoms with E-state index in [9.17, 15) is 0 Å². The third-order valence-corrected chi connectivity index (χ3v) is 3.69. The van der Waals surface area contributed by atoms with Crippen LogP contribution in [0.2, 0.25) is 0 Å². The molecule has 1 heterocycles. The van der Waals surface area contributed by atoms with Gasteiger partial charge in [0.25, 0.3) is 0 Å². The number of nitrogens with two attached hydrogens (primary N) is 1. The monoisotopic (exact) mass is 247 g/mol. The number of hydrogen-bond acceptors (Lipinski definition) is 3. The Balaban J connectivity index is 2.10. The van der Waals surface area contributed by atoms with E-state index in [4.69, 9.17) is 10.7 Å². The molecule has 2 rings (SSSR count). The second-order valence-electron chi connectivity index (χ2n) is 6.32. The minimum atomic E-state index is -0.138. The maximum Gasteiger partial charge on any atom is 0.128 e. The van der Waals surface area contributed by atoms with Gasteiger partial charge in [-0.15, -0.1) is 0 Å². The van der Waals surface area contributed by atoms with Gasteiger partial charge in [0.15, 0.2) is 0 Å². The van der Waals surface area contributed by atoms with E-state index in [0.717, 1.165) is 24.4 Å². The highest BCUT2D eigenvalue weighted by molar-refractivity contribution is 5.15. The lowest BCUT2D eigenvalue weighted by Crippen LogP contribution is -2.32. The summed E-state index contributed by atoms with van der Waals surface area (Å²) in [5.41, 5.74) is 8.24. The summed E-state index contributed by atoms with van der Waals surface area (Å²) in [4.78, 5) is 9.29. The fourth-order valence-corrected chi connectivity index (χ4v) is 2.63. The molecule has 0 saturated heterocycles. The summed E-state index contributed by atoms with van der Waals surface area (Å²) < 4.78 is 0. The van der Waals surface area contributed by atoms with E-state index in [1.165, 1.54) is 31.4 Å². The zero-order chi connectivity index (χ0) is 13.2. The standard InChI is InChI=1S/C15H25N3/c1-11-10-13(12-6-4-5-7-12)18-14(17-11)8-9-15(2,3)16/h10,12H,4-9,16H2,1-3H3. The zero-order valence-corrected chi connectivity index (χ0v) is 11.9. The molecule has 1 saturated carbocycles. The van der Waals surface area contributed by atoms with Crippen molar-refractivity contribution in [2.45, 2.75) is 70.8 Å². The van der Waals surface area contributed by atoms with Crippen LogP contribution >= 0.6 is 0 Å². The van der Waals surface area contributed by atoms with Crippen molar-refractivity contribution >= 4 is 0 Å². The van der Waals surface area contributed by atoms with Gasteiger partial charge >= 0.3 is 0 Å². The maximum absolute atomic E-state index is 6.03. The van der Waals surface area contributed by atoms with E-state index in [0.29, 0.717) is 5.92 Å². The van der Waals surface area contributed by atoms with Gasteiger partial charge in [0.1, 0.15) is 5.82 Å². The Kier molecular flexibility index (Phi) is 4.00. The van der Waals surface area contributed by atoms with Crippen LogP contribution in [0.1, 0.15) is 69.1 Å². The van der Waals surface area contributed by atoms with Crippen molar-refractivity contribution in [3.05, 3.63) is 23.3 Å². The average Bonchev–Trinajstić information content (AvgIpc) is 2.78. The average molecular weight is 247 g/mol. The van der Waals surface area contributed by atoms with Crippen molar-refractivity contribution in [3.63, 3.8) is 0 Å². The molecule has 0 unspecified atom stereocenters. The van der Waals surface area contributed by atoms with Crippen molar-refractivity contribution in [3.8, 4) is 0 Å². The number of nitrogens with zero attached hydrogens (tertiary/aromatic N) is 2. The maximum atomic E-state index is 6.03. The van der Waals surface area contributed by atoms with Gasteiger partial charge in [-0.05, 0) is 46.1 Å². The van der Waals surface area contributed by atoms with Crippen LogP contribution in [0.15, 0.2) is 6.07 Å². The van der Waals surface area contributed by atoms with Gasteiger partial charge in [-0.2, -0.15) is 0 Å². The smallest absolute Gasteiger partial charge is 0.128 e. The SMILES string of the molecule is Cc1cc(C2CCCC2)nc(CCC(C)(C)N)n1. The van der Waals surface area contributed by atoms with Crippen LogP contribution in [0.5, 0.6) is 0 Å². The first kappa shape index (κ1) is 13.5. The lowest BCUT2D eigenvalue weighted by atomic mass is 9.99. The summed E-state index contributed by atoms with van der Waals surface area (Å²) in [6.45, 7) is 6.18. The third-order valence-electron chi connectivity index (χ3n) is 3.69. The van der Waals surface area contributed by atoms with E-state index < -0.39 is 0 Å². The second-order valence-corrected chi connectivity index (χ2v) is 6.32. The minimum Gasteiger partial charge on any atom is -0.326 e. The van der Waals surface area contributed by atoms with Crippen molar-refractivity contribution < 1.29 is 0 Å². The molecule has 1 aromatic rings. The highest BCUT2D eigenvalue weighted by Gasteiger charge is 2.20. The molecule has 1 fully saturated rings. The van der Waals surface area contributed by atoms with E-state index in [2.05, 4.69) is 31.8 Å². The molecule has 0 atom stereocenters. The summed E-state index contributed by atoms with van der Waals surface area (Å²) in [5.74, 6) is 1.63. The fourth-order valence-electron chi connectivity index (χ4n) is 2.63. The van der Waals surface area contributed by atoms with Crippen LogP contribution in [0.4, 0.5) is 0 Å². The Morgan fingerprint density at radius 3 is 2.56 bits per heavy atom. The van der Waals surface area contributed by atoms with Gasteiger partial charge in [-0.25, -0.2) is 9.97 Å². The number of aromatic nitrogens is 2. The Morgan fingerprint density at radius 1 is 1.28 bits per heavy atom. The summed E-state index contributed by atoms with van der Waals surface area (Å²) >= 11 is 0. The highest BCUT2D eigenvalue weighted by atomic mass is 14.9. The molecule has 1 aromatic heterocycles. The first-order valence-corrected chi connectivity index (χ1v) is 7.07. The molecule has 2 N–H and O–H groups in total. The van der Waals surface area contributed by atoms with Gasteiger partial charge in [0.05, 0.1) is 0 Å². The van der Waals surface area contributed by atoms with Crippen molar-refractivity contribution in [2.24, 2.45) is 5.73 Å². The van der Waals surface area contributed by atoms with Gasteiger partial charge in [-0.3, -0.25) is 0 Å². The van der Waals surface area contributed by atoms with Crippen LogP contribution in [0.3, 0.4) is 0 Å². The minimum absolute atomic E-state index is 0.138. The van der Waals surface area contributed by atoms with Crippen LogP contribution in [0.25, 0.3) is 0 Å². The molecule has 3 nitrogen and oxygen atoms in total. The second kappa shape index (κ2) is 5.35. The Hall–Kier alpha value is -0.960. The number of hydrogen-bond donors (Lipinski definition) is 1. The lowest BCUT2D eigenvalue weighted by molar-refractivity contribution is 0.469. The molecule has 0 aromatic carbocycles. The van der Waals surface area contributed by atoms with E-state index in [1.54, 1.807) is 0 Å². The third kappa shape index (κ3) is 3.77. The first-order chi connectivity index (χ1) is 8.44. The van der Waals surface area contributed by atoms with E-state index in [-0.39, 0.29) is 5.54 Å². The highest BCUT2D eigenvalue weighted by Crippen LogP contribution is 2.33. The molecule has 0 spiro atoms. The summed E-state index contributed by atoms with van der Waals surface area (Å²) in [6.07, 6.45) is 7.08. The van der Waals surface area contributed by atoms with Gasteiger partial charge < -0.3 is 5.73 Å². The summed E-state index contributed by atoms with van der Waals surface area (Å²) in [7, 11) is 0. The van der Waals surface area contributed by atoms with Gasteiger partial charge in [0, 0.05) is 29.3 Å². The van der Waals surface area contributed by atoms with Crippen LogP contribution in [-0.2, 0) is 6.42 Å². The molecule has 18 heavy (non-hydrogen) atoms. The molecule has 0 bridgehead atoms. The quantitative estimate of drug-likeness (QED) is 0.889. The van der Waals surface area contributed by atoms with Crippen LogP contribution in [0, 0.1) is 6.92 Å². The largest absolute Gasteiger partial charge is 0.326 e. The molecule has 1 aliphatic carbocycles. The summed E-state index contributed by atoms with van der Waals surface area (Å²) in [5, 5.41) is 0. The number of aryl methyl sites for hydroxylation is 2. The molecule has 3 heteroatoms. The molecule has 1 aliphatic rings.